The van der Waals surface area contributed by atoms with Crippen LogP contribution in [0, 0.1) is 0 Å². The van der Waals surface area contributed by atoms with E-state index in [1.165, 1.54) is 5.01 Å². The quantitative estimate of drug-likeness (QED) is 0.796. The SMILES string of the molecule is O=C1NC(=O)N(Cc2ccc(-c3ccccc3)cc2)NC1O. The van der Waals surface area contributed by atoms with Crippen molar-refractivity contribution in [3.05, 3.63) is 60.2 Å². The van der Waals surface area contributed by atoms with Crippen LogP contribution in [0.4, 0.5) is 4.79 Å². The number of benzene rings is 2. The Kier molecular flexibility index (Phi) is 3.86. The number of hydrogen-bond donors (Lipinski definition) is 3. The molecule has 0 spiro atoms. The number of amides is 3. The summed E-state index contributed by atoms with van der Waals surface area (Å²) in [5, 5.41) is 12.7. The van der Waals surface area contributed by atoms with E-state index in [9.17, 15) is 14.7 Å². The van der Waals surface area contributed by atoms with Gasteiger partial charge in [-0.3, -0.25) is 15.1 Å². The first-order chi connectivity index (χ1) is 10.6. The first-order valence-electron chi connectivity index (χ1n) is 6.84. The van der Waals surface area contributed by atoms with E-state index in [0.717, 1.165) is 16.7 Å². The lowest BCUT2D eigenvalue weighted by atomic mass is 10.0. The third kappa shape index (κ3) is 2.98. The Bertz CT molecular complexity index is 686. The van der Waals surface area contributed by atoms with Gasteiger partial charge in [0.05, 0.1) is 6.54 Å². The second kappa shape index (κ2) is 5.97. The van der Waals surface area contributed by atoms with Gasteiger partial charge in [-0.15, -0.1) is 0 Å². The van der Waals surface area contributed by atoms with Gasteiger partial charge in [0, 0.05) is 0 Å². The van der Waals surface area contributed by atoms with Crippen LogP contribution in [0.25, 0.3) is 11.1 Å². The highest BCUT2D eigenvalue weighted by molar-refractivity contribution is 5.98. The van der Waals surface area contributed by atoms with Gasteiger partial charge >= 0.3 is 6.03 Å². The number of nitrogens with zero attached hydrogens (tertiary/aromatic N) is 1. The maximum Gasteiger partial charge on any atom is 0.338 e. The summed E-state index contributed by atoms with van der Waals surface area (Å²) in [6, 6.07) is 17.1. The van der Waals surface area contributed by atoms with Crippen molar-refractivity contribution in [2.45, 2.75) is 12.8 Å². The third-order valence-electron chi connectivity index (χ3n) is 3.40. The van der Waals surface area contributed by atoms with Crippen molar-refractivity contribution in [1.82, 2.24) is 15.8 Å². The number of aliphatic hydroxyl groups is 1. The van der Waals surface area contributed by atoms with Gasteiger partial charge < -0.3 is 5.11 Å². The number of carbonyl (C=O) groups excluding carboxylic acids is 2. The molecule has 1 fully saturated rings. The van der Waals surface area contributed by atoms with Gasteiger partial charge in [-0.1, -0.05) is 54.6 Å². The maximum absolute atomic E-state index is 11.7. The molecular formula is C16H15N3O3. The largest absolute Gasteiger partial charge is 0.369 e. The van der Waals surface area contributed by atoms with Gasteiger partial charge in [-0.25, -0.2) is 4.79 Å². The van der Waals surface area contributed by atoms with Crippen LogP contribution < -0.4 is 10.7 Å². The molecule has 1 atom stereocenters. The molecule has 0 saturated carbocycles. The average molecular weight is 297 g/mol. The summed E-state index contributed by atoms with van der Waals surface area (Å²) in [6.07, 6.45) is -1.42. The van der Waals surface area contributed by atoms with E-state index in [0.29, 0.717) is 0 Å². The van der Waals surface area contributed by atoms with Crippen molar-refractivity contribution in [2.75, 3.05) is 0 Å². The van der Waals surface area contributed by atoms with Crippen molar-refractivity contribution < 1.29 is 14.7 Å². The standard InChI is InChI=1S/C16H15N3O3/c20-14-15(21)18-19(16(22)17-14)10-11-6-8-13(9-7-11)12-4-2-1-3-5-12/h1-9,15,18,21H,10H2,(H,17,20,22). The zero-order valence-corrected chi connectivity index (χ0v) is 11.7. The molecule has 6 nitrogen and oxygen atoms in total. The highest BCUT2D eigenvalue weighted by atomic mass is 16.3. The molecule has 1 unspecified atom stereocenters. The normalized spacial score (nSPS) is 18.2. The van der Waals surface area contributed by atoms with E-state index in [-0.39, 0.29) is 6.54 Å². The monoisotopic (exact) mass is 297 g/mol. The number of rotatable bonds is 3. The first kappa shape index (κ1) is 14.2. The number of imide groups is 1. The van der Waals surface area contributed by atoms with Crippen LogP contribution in [-0.4, -0.2) is 28.3 Å². The molecule has 6 heteroatoms. The van der Waals surface area contributed by atoms with Crippen molar-refractivity contribution in [3.63, 3.8) is 0 Å². The van der Waals surface area contributed by atoms with Crippen molar-refractivity contribution in [3.8, 4) is 11.1 Å². The molecule has 1 saturated heterocycles. The molecule has 1 aliphatic heterocycles. The fraction of sp³-hybridized carbons (Fsp3) is 0.125. The zero-order valence-electron chi connectivity index (χ0n) is 11.7. The predicted octanol–water partition coefficient (Wildman–Crippen LogP) is 1.23. The molecule has 3 rings (SSSR count). The van der Waals surface area contributed by atoms with Crippen LogP contribution in [-0.2, 0) is 11.3 Å². The molecule has 2 aromatic rings. The van der Waals surface area contributed by atoms with Crippen molar-refractivity contribution >= 4 is 11.9 Å². The fourth-order valence-corrected chi connectivity index (χ4v) is 2.24. The van der Waals surface area contributed by atoms with Gasteiger partial charge in [0.25, 0.3) is 5.91 Å². The van der Waals surface area contributed by atoms with Crippen LogP contribution >= 0.6 is 0 Å². The fourth-order valence-electron chi connectivity index (χ4n) is 2.24. The molecule has 0 aliphatic carbocycles. The lowest BCUT2D eigenvalue weighted by molar-refractivity contribution is -0.135. The van der Waals surface area contributed by atoms with E-state index < -0.39 is 18.2 Å². The molecule has 1 heterocycles. The Hall–Kier alpha value is -2.70. The molecule has 3 amide bonds. The molecule has 0 radical (unpaired) electrons. The molecule has 2 aromatic carbocycles. The van der Waals surface area contributed by atoms with Crippen LogP contribution in [0.3, 0.4) is 0 Å². The number of aliphatic hydroxyl groups excluding tert-OH is 1. The number of urea groups is 1. The minimum absolute atomic E-state index is 0.241. The highest BCUT2D eigenvalue weighted by Crippen LogP contribution is 2.19. The molecule has 0 bridgehead atoms. The maximum atomic E-state index is 11.7. The predicted molar refractivity (Wildman–Crippen MR) is 80.1 cm³/mol. The molecule has 112 valence electrons. The third-order valence-corrected chi connectivity index (χ3v) is 3.40. The molecule has 1 aliphatic rings. The van der Waals surface area contributed by atoms with E-state index in [4.69, 9.17) is 0 Å². The Labute approximate surface area is 127 Å². The molecule has 0 aromatic heterocycles. The summed E-state index contributed by atoms with van der Waals surface area (Å²) in [5.41, 5.74) is 5.51. The average Bonchev–Trinajstić information content (AvgIpc) is 2.54. The van der Waals surface area contributed by atoms with E-state index in [1.807, 2.05) is 54.6 Å². The lowest BCUT2D eigenvalue weighted by Crippen LogP contribution is -2.63. The molecular weight excluding hydrogens is 282 g/mol. The summed E-state index contributed by atoms with van der Waals surface area (Å²) in [6.45, 7) is 0.241. The number of hydrazine groups is 1. The van der Waals surface area contributed by atoms with Gasteiger partial charge in [-0.05, 0) is 16.7 Å². The number of nitrogens with one attached hydrogen (secondary N) is 2. The molecule has 22 heavy (non-hydrogen) atoms. The van der Waals surface area contributed by atoms with Gasteiger partial charge in [0.1, 0.15) is 0 Å². The Morgan fingerprint density at radius 1 is 0.955 bits per heavy atom. The second-order valence-corrected chi connectivity index (χ2v) is 4.98. The topological polar surface area (TPSA) is 81.7 Å². The molecule has 3 N–H and O–H groups in total. The van der Waals surface area contributed by atoms with Crippen molar-refractivity contribution in [1.29, 1.82) is 0 Å². The van der Waals surface area contributed by atoms with Gasteiger partial charge in [-0.2, -0.15) is 5.43 Å². The Balaban J connectivity index is 1.71. The summed E-state index contributed by atoms with van der Waals surface area (Å²) >= 11 is 0. The van der Waals surface area contributed by atoms with E-state index >= 15 is 0 Å². The van der Waals surface area contributed by atoms with Crippen LogP contribution in [0.5, 0.6) is 0 Å². The van der Waals surface area contributed by atoms with E-state index in [1.54, 1.807) is 0 Å². The van der Waals surface area contributed by atoms with Crippen molar-refractivity contribution in [2.24, 2.45) is 0 Å². The smallest absolute Gasteiger partial charge is 0.338 e. The Morgan fingerprint density at radius 2 is 1.59 bits per heavy atom. The van der Waals surface area contributed by atoms with Crippen LogP contribution in [0.1, 0.15) is 5.56 Å². The van der Waals surface area contributed by atoms with Crippen LogP contribution in [0.2, 0.25) is 0 Å². The summed E-state index contributed by atoms with van der Waals surface area (Å²) in [5.74, 6) is -0.749. The number of hydrogen-bond acceptors (Lipinski definition) is 4. The second-order valence-electron chi connectivity index (χ2n) is 4.98. The van der Waals surface area contributed by atoms with Gasteiger partial charge in [0.15, 0.2) is 0 Å². The zero-order chi connectivity index (χ0) is 15.5. The minimum Gasteiger partial charge on any atom is -0.369 e. The highest BCUT2D eigenvalue weighted by Gasteiger charge is 2.29. The Morgan fingerprint density at radius 3 is 2.27 bits per heavy atom. The minimum atomic E-state index is -1.42. The first-order valence-corrected chi connectivity index (χ1v) is 6.84. The summed E-state index contributed by atoms with van der Waals surface area (Å²) in [7, 11) is 0. The van der Waals surface area contributed by atoms with Crippen LogP contribution in [0.15, 0.2) is 54.6 Å². The van der Waals surface area contributed by atoms with E-state index in [2.05, 4.69) is 10.7 Å². The lowest BCUT2D eigenvalue weighted by Gasteiger charge is -2.30. The van der Waals surface area contributed by atoms with Gasteiger partial charge in [0.2, 0.25) is 6.23 Å². The number of carbonyl (C=O) groups is 2. The summed E-state index contributed by atoms with van der Waals surface area (Å²) < 4.78 is 0. The summed E-state index contributed by atoms with van der Waals surface area (Å²) in [4.78, 5) is 22.8.